The third kappa shape index (κ3) is 3.87. The van der Waals surface area contributed by atoms with Crippen LogP contribution in [0.5, 0.6) is 0 Å². The number of anilines is 1. The minimum atomic E-state index is 0. The van der Waals surface area contributed by atoms with Crippen LogP contribution >= 0.6 is 24.2 Å². The molecule has 0 atom stereocenters. The highest BCUT2D eigenvalue weighted by molar-refractivity contribution is 8.00. The molecule has 26 heavy (non-hydrogen) atoms. The first-order chi connectivity index (χ1) is 12.2. The predicted molar refractivity (Wildman–Crippen MR) is 107 cm³/mol. The van der Waals surface area contributed by atoms with Crippen LogP contribution in [0.25, 0.3) is 0 Å². The Morgan fingerprint density at radius 1 is 1.19 bits per heavy atom. The van der Waals surface area contributed by atoms with Crippen molar-refractivity contribution < 1.29 is 9.59 Å². The van der Waals surface area contributed by atoms with Gasteiger partial charge in [0.05, 0.1) is 11.4 Å². The zero-order chi connectivity index (χ0) is 17.3. The Morgan fingerprint density at radius 3 is 2.69 bits per heavy atom. The Bertz CT molecular complexity index is 669. The van der Waals surface area contributed by atoms with E-state index in [2.05, 4.69) is 5.32 Å². The van der Waals surface area contributed by atoms with Crippen molar-refractivity contribution in [2.24, 2.45) is 5.41 Å². The SMILES string of the molecule is Cl.O=C(CCN1C(=O)CSc2ccccc21)N1CCC2(CCNC2)CC1. The lowest BCUT2D eigenvalue weighted by Crippen LogP contribution is -2.45. The molecule has 0 radical (unpaired) electrons. The van der Waals surface area contributed by atoms with E-state index in [4.69, 9.17) is 0 Å². The molecule has 0 saturated carbocycles. The highest BCUT2D eigenvalue weighted by Crippen LogP contribution is 2.37. The number of nitrogens with one attached hydrogen (secondary N) is 1. The molecule has 3 aliphatic heterocycles. The molecule has 0 aromatic heterocycles. The summed E-state index contributed by atoms with van der Waals surface area (Å²) in [6.07, 6.45) is 3.86. The summed E-state index contributed by atoms with van der Waals surface area (Å²) in [5, 5.41) is 3.46. The zero-order valence-corrected chi connectivity index (χ0v) is 16.5. The molecule has 2 saturated heterocycles. The lowest BCUT2D eigenvalue weighted by Gasteiger charge is -2.39. The number of likely N-dealkylation sites (tertiary alicyclic amines) is 1. The number of para-hydroxylation sites is 1. The summed E-state index contributed by atoms with van der Waals surface area (Å²) in [5.41, 5.74) is 1.38. The lowest BCUT2D eigenvalue weighted by molar-refractivity contribution is -0.133. The third-order valence-electron chi connectivity index (χ3n) is 5.87. The van der Waals surface area contributed by atoms with Crippen LogP contribution in [0.4, 0.5) is 5.69 Å². The average molecular weight is 396 g/mol. The number of halogens is 1. The van der Waals surface area contributed by atoms with Gasteiger partial charge in [-0.3, -0.25) is 9.59 Å². The van der Waals surface area contributed by atoms with Crippen LogP contribution in [0.1, 0.15) is 25.7 Å². The van der Waals surface area contributed by atoms with Crippen molar-refractivity contribution in [1.82, 2.24) is 10.2 Å². The predicted octanol–water partition coefficient (Wildman–Crippen LogP) is 2.54. The van der Waals surface area contributed by atoms with Crippen molar-refractivity contribution >= 4 is 41.7 Å². The second kappa shape index (κ2) is 8.19. The fourth-order valence-electron chi connectivity index (χ4n) is 4.22. The van der Waals surface area contributed by atoms with Crippen molar-refractivity contribution in [1.29, 1.82) is 0 Å². The molecule has 1 N–H and O–H groups in total. The van der Waals surface area contributed by atoms with E-state index in [0.717, 1.165) is 49.6 Å². The molecule has 1 aromatic rings. The molecule has 0 unspecified atom stereocenters. The van der Waals surface area contributed by atoms with Crippen molar-refractivity contribution in [3.05, 3.63) is 24.3 Å². The van der Waals surface area contributed by atoms with Gasteiger partial charge in [0, 0.05) is 37.5 Å². The second-order valence-corrected chi connectivity index (χ2v) is 8.38. The van der Waals surface area contributed by atoms with Crippen LogP contribution in [0.3, 0.4) is 0 Å². The summed E-state index contributed by atoms with van der Waals surface area (Å²) in [6.45, 7) is 4.43. The zero-order valence-electron chi connectivity index (χ0n) is 14.9. The maximum atomic E-state index is 12.6. The van der Waals surface area contributed by atoms with Gasteiger partial charge >= 0.3 is 0 Å². The molecule has 3 aliphatic rings. The summed E-state index contributed by atoms with van der Waals surface area (Å²) >= 11 is 1.58. The number of thioether (sulfide) groups is 1. The van der Waals surface area contributed by atoms with Crippen LogP contribution in [0.2, 0.25) is 0 Å². The Labute approximate surface area is 165 Å². The Morgan fingerprint density at radius 2 is 1.96 bits per heavy atom. The number of nitrogens with zero attached hydrogens (tertiary/aromatic N) is 2. The van der Waals surface area contributed by atoms with Gasteiger partial charge in [-0.1, -0.05) is 12.1 Å². The molecule has 0 aliphatic carbocycles. The number of amides is 2. The van der Waals surface area contributed by atoms with E-state index in [1.165, 1.54) is 6.42 Å². The van der Waals surface area contributed by atoms with Crippen molar-refractivity contribution in [2.45, 2.75) is 30.6 Å². The summed E-state index contributed by atoms with van der Waals surface area (Å²) < 4.78 is 0. The molecule has 1 aromatic carbocycles. The second-order valence-electron chi connectivity index (χ2n) is 7.36. The first kappa shape index (κ1) is 19.5. The number of rotatable bonds is 3. The number of carbonyl (C=O) groups is 2. The molecule has 5 nitrogen and oxygen atoms in total. The smallest absolute Gasteiger partial charge is 0.237 e. The summed E-state index contributed by atoms with van der Waals surface area (Å²) in [5.74, 6) is 0.750. The fourth-order valence-corrected chi connectivity index (χ4v) is 5.15. The van der Waals surface area contributed by atoms with Gasteiger partial charge in [0.15, 0.2) is 0 Å². The first-order valence-electron chi connectivity index (χ1n) is 9.18. The molecule has 4 rings (SSSR count). The molecule has 2 fully saturated rings. The highest BCUT2D eigenvalue weighted by Gasteiger charge is 2.38. The normalized spacial score (nSPS) is 21.5. The summed E-state index contributed by atoms with van der Waals surface area (Å²) in [6, 6.07) is 7.96. The number of carbonyl (C=O) groups excluding carboxylic acids is 2. The quantitative estimate of drug-likeness (QED) is 0.854. The molecule has 142 valence electrons. The van der Waals surface area contributed by atoms with Gasteiger partial charge in [-0.05, 0) is 43.4 Å². The molecule has 3 heterocycles. The topological polar surface area (TPSA) is 52.7 Å². The molecule has 7 heteroatoms. The third-order valence-corrected chi connectivity index (χ3v) is 6.91. The maximum absolute atomic E-state index is 12.6. The lowest BCUT2D eigenvalue weighted by atomic mass is 9.78. The monoisotopic (exact) mass is 395 g/mol. The largest absolute Gasteiger partial charge is 0.343 e. The van der Waals surface area contributed by atoms with Gasteiger partial charge in [0.1, 0.15) is 0 Å². The van der Waals surface area contributed by atoms with Gasteiger partial charge in [0.25, 0.3) is 0 Å². The Hall–Kier alpha value is -1.24. The van der Waals surface area contributed by atoms with Gasteiger partial charge in [0.2, 0.25) is 11.8 Å². The van der Waals surface area contributed by atoms with Crippen LogP contribution in [0, 0.1) is 5.41 Å². The van der Waals surface area contributed by atoms with E-state index in [0.29, 0.717) is 24.1 Å². The first-order valence-corrected chi connectivity index (χ1v) is 10.2. The van der Waals surface area contributed by atoms with Gasteiger partial charge in [-0.2, -0.15) is 0 Å². The molecule has 0 bridgehead atoms. The van der Waals surface area contributed by atoms with Crippen LogP contribution in [-0.2, 0) is 9.59 Å². The van der Waals surface area contributed by atoms with Gasteiger partial charge < -0.3 is 15.1 Å². The van der Waals surface area contributed by atoms with E-state index in [1.54, 1.807) is 16.7 Å². The molecule has 2 amide bonds. The summed E-state index contributed by atoms with van der Waals surface area (Å²) in [4.78, 5) is 29.8. The average Bonchev–Trinajstić information content (AvgIpc) is 3.09. The fraction of sp³-hybridized carbons (Fsp3) is 0.579. The number of piperidine rings is 1. The maximum Gasteiger partial charge on any atom is 0.237 e. The van der Waals surface area contributed by atoms with Crippen LogP contribution in [0.15, 0.2) is 29.2 Å². The van der Waals surface area contributed by atoms with Gasteiger partial charge in [-0.15, -0.1) is 24.2 Å². The minimum Gasteiger partial charge on any atom is -0.343 e. The van der Waals surface area contributed by atoms with E-state index in [-0.39, 0.29) is 24.2 Å². The number of hydrogen-bond acceptors (Lipinski definition) is 4. The standard InChI is InChI=1S/C19H25N3O2S.ClH/c23-17(21-11-7-19(8-12-21)6-9-20-14-19)5-10-22-15-3-1-2-4-16(15)25-13-18(22)24;/h1-4,20H,5-14H2;1H. The minimum absolute atomic E-state index is 0. The number of fused-ring (bicyclic) bond motifs is 1. The van der Waals surface area contributed by atoms with Crippen molar-refractivity contribution in [3.63, 3.8) is 0 Å². The molecule has 1 spiro atoms. The molecular weight excluding hydrogens is 370 g/mol. The van der Waals surface area contributed by atoms with Crippen LogP contribution in [-0.4, -0.2) is 55.2 Å². The van der Waals surface area contributed by atoms with Crippen molar-refractivity contribution in [2.75, 3.05) is 43.4 Å². The van der Waals surface area contributed by atoms with E-state index in [9.17, 15) is 9.59 Å². The molecular formula is C19H26ClN3O2S. The number of hydrogen-bond donors (Lipinski definition) is 1. The van der Waals surface area contributed by atoms with Gasteiger partial charge in [-0.25, -0.2) is 0 Å². The summed E-state index contributed by atoms with van der Waals surface area (Å²) in [7, 11) is 0. The Kier molecular flexibility index (Phi) is 6.15. The van der Waals surface area contributed by atoms with Crippen LogP contribution < -0.4 is 10.2 Å². The van der Waals surface area contributed by atoms with E-state index >= 15 is 0 Å². The Balaban J connectivity index is 0.00000196. The highest BCUT2D eigenvalue weighted by atomic mass is 35.5. The van der Waals surface area contributed by atoms with E-state index in [1.807, 2.05) is 29.2 Å². The van der Waals surface area contributed by atoms with Crippen molar-refractivity contribution in [3.8, 4) is 0 Å². The number of benzene rings is 1. The van der Waals surface area contributed by atoms with E-state index < -0.39 is 0 Å².